The second-order valence-electron chi connectivity index (χ2n) is 4.12. The minimum atomic E-state index is -0.584. The molecule has 1 aromatic carbocycles. The fraction of sp³-hybridized carbons (Fsp3) is 0.167. The summed E-state index contributed by atoms with van der Waals surface area (Å²) in [5.74, 6) is -0.357. The highest BCUT2D eigenvalue weighted by Crippen LogP contribution is 2.21. The lowest BCUT2D eigenvalue weighted by Gasteiger charge is -2.05. The van der Waals surface area contributed by atoms with Gasteiger partial charge in [0, 0.05) is 17.1 Å². The molecule has 0 spiro atoms. The van der Waals surface area contributed by atoms with Gasteiger partial charge in [-0.1, -0.05) is 18.2 Å². The number of benzene rings is 1. The van der Waals surface area contributed by atoms with Gasteiger partial charge in [0.1, 0.15) is 0 Å². The van der Waals surface area contributed by atoms with Crippen LogP contribution in [0.4, 0.5) is 0 Å². The number of H-pyrrole nitrogens is 2. The molecule has 92 valence electrons. The normalized spacial score (nSPS) is 12.9. The van der Waals surface area contributed by atoms with Crippen LogP contribution >= 0.6 is 0 Å². The first-order valence-corrected chi connectivity index (χ1v) is 5.60. The molecule has 0 amide bonds. The minimum Gasteiger partial charge on any atom is -0.391 e. The largest absolute Gasteiger partial charge is 0.434 e. The molecule has 0 aliphatic heterocycles. The maximum atomic E-state index is 10.9. The second-order valence-corrected chi connectivity index (χ2v) is 4.12. The van der Waals surface area contributed by atoms with E-state index in [2.05, 4.69) is 15.2 Å². The zero-order valence-corrected chi connectivity index (χ0v) is 9.51. The van der Waals surface area contributed by atoms with Crippen molar-refractivity contribution in [3.63, 3.8) is 0 Å². The van der Waals surface area contributed by atoms with Crippen molar-refractivity contribution in [3.05, 3.63) is 52.5 Å². The molecule has 0 fully saturated rings. The van der Waals surface area contributed by atoms with Gasteiger partial charge in [-0.15, -0.1) is 5.10 Å². The number of aromatic amines is 2. The van der Waals surface area contributed by atoms with Crippen molar-refractivity contribution in [2.24, 2.45) is 5.73 Å². The Kier molecular flexibility index (Phi) is 2.49. The highest BCUT2D eigenvalue weighted by molar-refractivity contribution is 5.83. The van der Waals surface area contributed by atoms with Gasteiger partial charge in [0.2, 0.25) is 5.89 Å². The summed E-state index contributed by atoms with van der Waals surface area (Å²) in [6.07, 6.45) is 2.47. The van der Waals surface area contributed by atoms with Gasteiger partial charge in [-0.3, -0.25) is 0 Å². The number of rotatable bonds is 3. The predicted octanol–water partition coefficient (Wildman–Crippen LogP) is 1.09. The van der Waals surface area contributed by atoms with E-state index in [1.165, 1.54) is 0 Å². The monoisotopic (exact) mass is 244 g/mol. The average Bonchev–Trinajstić information content (AvgIpc) is 2.97. The average molecular weight is 244 g/mol. The summed E-state index contributed by atoms with van der Waals surface area (Å²) in [4.78, 5) is 14.0. The Bertz CT molecular complexity index is 725. The van der Waals surface area contributed by atoms with E-state index in [-0.39, 0.29) is 5.89 Å². The van der Waals surface area contributed by atoms with E-state index in [0.717, 1.165) is 16.5 Å². The number of aromatic nitrogens is 3. The Balaban J connectivity index is 1.90. The second kappa shape index (κ2) is 4.15. The molecule has 0 radical (unpaired) electrons. The number of hydrogen-bond donors (Lipinski definition) is 3. The minimum absolute atomic E-state index is 0.227. The van der Waals surface area contributed by atoms with Crippen LogP contribution in [0.15, 0.2) is 39.7 Å². The maximum absolute atomic E-state index is 10.9. The molecule has 6 nitrogen and oxygen atoms in total. The van der Waals surface area contributed by atoms with Crippen LogP contribution in [-0.4, -0.2) is 15.2 Å². The van der Waals surface area contributed by atoms with Crippen molar-refractivity contribution in [1.82, 2.24) is 15.2 Å². The fourth-order valence-electron chi connectivity index (χ4n) is 2.02. The molecule has 0 saturated heterocycles. The van der Waals surface area contributed by atoms with Gasteiger partial charge >= 0.3 is 5.76 Å². The van der Waals surface area contributed by atoms with E-state index >= 15 is 0 Å². The molecule has 18 heavy (non-hydrogen) atoms. The Morgan fingerprint density at radius 1 is 1.39 bits per heavy atom. The van der Waals surface area contributed by atoms with E-state index in [9.17, 15) is 4.79 Å². The van der Waals surface area contributed by atoms with Crippen LogP contribution in [-0.2, 0) is 6.42 Å². The quantitative estimate of drug-likeness (QED) is 0.641. The highest BCUT2D eigenvalue weighted by Gasteiger charge is 2.15. The van der Waals surface area contributed by atoms with Crippen molar-refractivity contribution < 1.29 is 4.42 Å². The van der Waals surface area contributed by atoms with Crippen LogP contribution in [0.3, 0.4) is 0 Å². The van der Waals surface area contributed by atoms with Crippen LogP contribution in [0.1, 0.15) is 17.5 Å². The van der Waals surface area contributed by atoms with Gasteiger partial charge < -0.3 is 15.1 Å². The van der Waals surface area contributed by atoms with Gasteiger partial charge in [-0.05, 0) is 18.1 Å². The summed E-state index contributed by atoms with van der Waals surface area (Å²) >= 11 is 0. The third kappa shape index (κ3) is 1.82. The standard InChI is InChI=1S/C12H12N4O2/c13-9(11-15-16-12(17)18-11)5-7-6-14-10-4-2-1-3-8(7)10/h1-4,6,9,14H,5,13H2,(H,16,17)/t9-/m0/s1. The van der Waals surface area contributed by atoms with Crippen molar-refractivity contribution in [2.75, 3.05) is 0 Å². The summed E-state index contributed by atoms with van der Waals surface area (Å²) in [6.45, 7) is 0. The first-order valence-electron chi connectivity index (χ1n) is 5.60. The van der Waals surface area contributed by atoms with Crippen molar-refractivity contribution >= 4 is 10.9 Å². The zero-order chi connectivity index (χ0) is 12.5. The fourth-order valence-corrected chi connectivity index (χ4v) is 2.02. The molecule has 6 heteroatoms. The molecule has 4 N–H and O–H groups in total. The number of hydrogen-bond acceptors (Lipinski definition) is 4. The summed E-state index contributed by atoms with van der Waals surface area (Å²) in [5.41, 5.74) is 8.09. The van der Waals surface area contributed by atoms with Crippen LogP contribution in [0.5, 0.6) is 0 Å². The molecule has 0 unspecified atom stereocenters. The smallest absolute Gasteiger partial charge is 0.391 e. The first kappa shape index (κ1) is 10.8. The summed E-state index contributed by atoms with van der Waals surface area (Å²) in [6, 6.07) is 7.52. The topological polar surface area (TPSA) is 101 Å². The third-order valence-corrected chi connectivity index (χ3v) is 2.89. The lowest BCUT2D eigenvalue weighted by atomic mass is 10.1. The molecule has 0 aliphatic carbocycles. The van der Waals surface area contributed by atoms with E-state index in [4.69, 9.17) is 10.2 Å². The maximum Gasteiger partial charge on any atom is 0.434 e. The molecule has 0 bridgehead atoms. The van der Waals surface area contributed by atoms with E-state index in [1.807, 2.05) is 30.5 Å². The molecule has 3 rings (SSSR count). The lowest BCUT2D eigenvalue weighted by molar-refractivity contribution is 0.425. The van der Waals surface area contributed by atoms with Crippen LogP contribution in [0.25, 0.3) is 10.9 Å². The Morgan fingerprint density at radius 3 is 3.00 bits per heavy atom. The van der Waals surface area contributed by atoms with Crippen LogP contribution in [0.2, 0.25) is 0 Å². The SMILES string of the molecule is N[C@@H](Cc1c[nH]c2ccccc12)c1n[nH]c(=O)o1. The van der Waals surface area contributed by atoms with Crippen LogP contribution < -0.4 is 11.5 Å². The number of nitrogens with one attached hydrogen (secondary N) is 2. The molecule has 0 saturated carbocycles. The van der Waals surface area contributed by atoms with E-state index < -0.39 is 11.8 Å². The lowest BCUT2D eigenvalue weighted by Crippen LogP contribution is -2.13. The number of fused-ring (bicyclic) bond motifs is 1. The van der Waals surface area contributed by atoms with Gasteiger partial charge in [0.15, 0.2) is 0 Å². The predicted molar refractivity (Wildman–Crippen MR) is 66.1 cm³/mol. The van der Waals surface area contributed by atoms with Crippen molar-refractivity contribution in [1.29, 1.82) is 0 Å². The summed E-state index contributed by atoms with van der Waals surface area (Å²) in [5, 5.41) is 7.06. The Morgan fingerprint density at radius 2 is 2.22 bits per heavy atom. The molecule has 2 heterocycles. The molecule has 0 aliphatic rings. The van der Waals surface area contributed by atoms with Gasteiger partial charge in [-0.2, -0.15) is 0 Å². The summed E-state index contributed by atoms with van der Waals surface area (Å²) < 4.78 is 4.85. The summed E-state index contributed by atoms with van der Waals surface area (Å²) in [7, 11) is 0. The number of para-hydroxylation sites is 1. The Labute approximate surface area is 102 Å². The molecular formula is C12H12N4O2. The number of nitrogens with zero attached hydrogens (tertiary/aromatic N) is 1. The molecule has 3 aromatic rings. The highest BCUT2D eigenvalue weighted by atomic mass is 16.4. The van der Waals surface area contributed by atoms with E-state index in [0.29, 0.717) is 6.42 Å². The molecular weight excluding hydrogens is 232 g/mol. The molecule has 1 atom stereocenters. The first-order chi connectivity index (χ1) is 8.74. The van der Waals surface area contributed by atoms with Gasteiger partial charge in [0.05, 0.1) is 6.04 Å². The van der Waals surface area contributed by atoms with Gasteiger partial charge in [-0.25, -0.2) is 9.89 Å². The van der Waals surface area contributed by atoms with Crippen LogP contribution in [0, 0.1) is 0 Å². The third-order valence-electron chi connectivity index (χ3n) is 2.89. The van der Waals surface area contributed by atoms with Crippen molar-refractivity contribution in [3.8, 4) is 0 Å². The number of nitrogens with two attached hydrogens (primary N) is 1. The zero-order valence-electron chi connectivity index (χ0n) is 9.51. The van der Waals surface area contributed by atoms with E-state index in [1.54, 1.807) is 0 Å². The van der Waals surface area contributed by atoms with Gasteiger partial charge in [0.25, 0.3) is 0 Å². The van der Waals surface area contributed by atoms with Crippen molar-refractivity contribution in [2.45, 2.75) is 12.5 Å². The molecule has 2 aromatic heterocycles. The Hall–Kier alpha value is -2.34.